The van der Waals surface area contributed by atoms with Crippen LogP contribution in [0, 0.1) is 11.8 Å². The second-order valence-electron chi connectivity index (χ2n) is 14.3. The number of amides is 2. The first-order chi connectivity index (χ1) is 20.2. The van der Waals surface area contributed by atoms with Gasteiger partial charge in [-0.3, -0.25) is 9.69 Å². The summed E-state index contributed by atoms with van der Waals surface area (Å²) >= 11 is 0. The van der Waals surface area contributed by atoms with Crippen LogP contribution in [0.1, 0.15) is 97.1 Å². The minimum absolute atomic E-state index is 0.0496. The normalized spacial score (nSPS) is 30.0. The fourth-order valence-corrected chi connectivity index (χ4v) is 7.75. The van der Waals surface area contributed by atoms with Gasteiger partial charge in [0.05, 0.1) is 18.2 Å². The summed E-state index contributed by atoms with van der Waals surface area (Å²) in [5.41, 5.74) is -1.01. The number of hydrogen-bond donors (Lipinski definition) is 0. The number of benzene rings is 1. The highest BCUT2D eigenvalue weighted by atomic mass is 19.4. The molecule has 3 saturated heterocycles. The van der Waals surface area contributed by atoms with E-state index < -0.39 is 23.1 Å². The van der Waals surface area contributed by atoms with Crippen molar-refractivity contribution in [2.75, 3.05) is 19.7 Å². The Morgan fingerprint density at radius 1 is 1.12 bits per heavy atom. The van der Waals surface area contributed by atoms with E-state index in [0.717, 1.165) is 62.6 Å². The standard InChI is InChI=1S/C33H48F3N3O4/c1-22(2)28-21-42-32-16-15-26(18-25(32)13-14-29(40)39(28)32)37(19-23-9-11-24(12-10-23)33(34,35)36)20-27-8-6-7-17-38(27)30(41)43-31(3,4)5/h9-12,22,25-28H,6-8,13-21H2,1-5H3/t25-,26+,27-,28-,32-/m1/s1. The van der Waals surface area contributed by atoms with Crippen LogP contribution in [0.4, 0.5) is 18.0 Å². The molecule has 240 valence electrons. The molecular formula is C33H48F3N3O4. The van der Waals surface area contributed by atoms with Crippen LogP contribution in [0.3, 0.4) is 0 Å². The molecule has 5 atom stereocenters. The van der Waals surface area contributed by atoms with Gasteiger partial charge >= 0.3 is 12.3 Å². The van der Waals surface area contributed by atoms with E-state index in [4.69, 9.17) is 9.47 Å². The number of rotatable bonds is 6. The van der Waals surface area contributed by atoms with Gasteiger partial charge in [-0.15, -0.1) is 0 Å². The maximum Gasteiger partial charge on any atom is 0.416 e. The lowest BCUT2D eigenvalue weighted by Gasteiger charge is -2.54. The van der Waals surface area contributed by atoms with Gasteiger partial charge in [0.15, 0.2) is 0 Å². The van der Waals surface area contributed by atoms with Gasteiger partial charge in [-0.2, -0.15) is 13.2 Å². The van der Waals surface area contributed by atoms with Crippen LogP contribution in [0.25, 0.3) is 0 Å². The van der Waals surface area contributed by atoms with Crippen molar-refractivity contribution in [3.63, 3.8) is 0 Å². The summed E-state index contributed by atoms with van der Waals surface area (Å²) in [6.07, 6.45) is 1.76. The number of likely N-dealkylation sites (tertiary alicyclic amines) is 1. The minimum Gasteiger partial charge on any atom is -0.444 e. The predicted molar refractivity (Wildman–Crippen MR) is 157 cm³/mol. The van der Waals surface area contributed by atoms with Gasteiger partial charge in [0.1, 0.15) is 11.3 Å². The first-order valence-electron chi connectivity index (χ1n) is 16.0. The molecule has 2 amide bonds. The third-order valence-electron chi connectivity index (χ3n) is 9.90. The molecule has 4 aliphatic rings. The molecule has 1 aromatic rings. The van der Waals surface area contributed by atoms with Crippen molar-refractivity contribution in [3.05, 3.63) is 35.4 Å². The van der Waals surface area contributed by atoms with Crippen LogP contribution in [0.15, 0.2) is 24.3 Å². The van der Waals surface area contributed by atoms with Crippen LogP contribution >= 0.6 is 0 Å². The maximum atomic E-state index is 13.3. The highest BCUT2D eigenvalue weighted by molar-refractivity contribution is 5.78. The first kappa shape index (κ1) is 32.1. The third-order valence-corrected chi connectivity index (χ3v) is 9.90. The lowest BCUT2D eigenvalue weighted by molar-refractivity contribution is -0.192. The Bertz CT molecular complexity index is 1150. The van der Waals surface area contributed by atoms with Gasteiger partial charge < -0.3 is 19.3 Å². The lowest BCUT2D eigenvalue weighted by Crippen LogP contribution is -2.63. The van der Waals surface area contributed by atoms with Crippen molar-refractivity contribution in [2.24, 2.45) is 11.8 Å². The van der Waals surface area contributed by atoms with Gasteiger partial charge in [0, 0.05) is 44.1 Å². The van der Waals surface area contributed by atoms with Crippen molar-refractivity contribution in [3.8, 4) is 0 Å². The number of nitrogens with zero attached hydrogens (tertiary/aromatic N) is 3. The molecule has 0 radical (unpaired) electrons. The Labute approximate surface area is 254 Å². The number of hydrogen-bond acceptors (Lipinski definition) is 5. The molecule has 1 saturated carbocycles. The van der Waals surface area contributed by atoms with E-state index >= 15 is 0 Å². The van der Waals surface area contributed by atoms with Gasteiger partial charge in [-0.25, -0.2) is 4.79 Å². The smallest absolute Gasteiger partial charge is 0.416 e. The molecule has 0 unspecified atom stereocenters. The SMILES string of the molecule is CC(C)[C@H]1CO[C@]23CC[C@H](N(Cc4ccc(C(F)(F)F)cc4)C[C@H]4CCCCN4C(=O)OC(C)(C)C)C[C@H]2CCC(=O)N13. The molecule has 0 aromatic heterocycles. The number of halogens is 3. The van der Waals surface area contributed by atoms with E-state index in [1.807, 2.05) is 25.7 Å². The molecule has 0 bridgehead atoms. The molecule has 0 N–H and O–H groups in total. The van der Waals surface area contributed by atoms with E-state index in [1.165, 1.54) is 0 Å². The fraction of sp³-hybridized carbons (Fsp3) is 0.758. The van der Waals surface area contributed by atoms with E-state index in [2.05, 4.69) is 23.6 Å². The first-order valence-corrected chi connectivity index (χ1v) is 16.0. The van der Waals surface area contributed by atoms with E-state index in [0.29, 0.717) is 38.6 Å². The zero-order chi connectivity index (χ0) is 31.2. The highest BCUT2D eigenvalue weighted by Gasteiger charge is 2.59. The Hall–Kier alpha value is -2.33. The van der Waals surface area contributed by atoms with Crippen molar-refractivity contribution in [2.45, 2.75) is 128 Å². The van der Waals surface area contributed by atoms with Gasteiger partial charge in [0.25, 0.3) is 0 Å². The topological polar surface area (TPSA) is 62.3 Å². The predicted octanol–water partition coefficient (Wildman–Crippen LogP) is 6.84. The molecule has 5 rings (SSSR count). The van der Waals surface area contributed by atoms with Crippen LogP contribution in [-0.4, -0.2) is 75.8 Å². The summed E-state index contributed by atoms with van der Waals surface area (Å²) in [5.74, 6) is 0.681. The fourth-order valence-electron chi connectivity index (χ4n) is 7.75. The number of piperidine rings is 2. The van der Waals surface area contributed by atoms with Crippen molar-refractivity contribution in [1.29, 1.82) is 0 Å². The number of ether oxygens (including phenoxy) is 2. The Balaban J connectivity index is 1.39. The third kappa shape index (κ3) is 6.85. The molecule has 4 fully saturated rings. The van der Waals surface area contributed by atoms with Gasteiger partial charge in [-0.1, -0.05) is 26.0 Å². The number of carbonyl (C=O) groups is 2. The van der Waals surface area contributed by atoms with Gasteiger partial charge in [-0.05, 0) is 89.3 Å². The summed E-state index contributed by atoms with van der Waals surface area (Å²) in [5, 5.41) is 0. The Kier molecular flexibility index (Phi) is 9.12. The van der Waals surface area contributed by atoms with E-state index in [9.17, 15) is 22.8 Å². The lowest BCUT2D eigenvalue weighted by atomic mass is 9.72. The van der Waals surface area contributed by atoms with Crippen LogP contribution in [0.5, 0.6) is 0 Å². The molecular weight excluding hydrogens is 559 g/mol. The molecule has 3 heterocycles. The second-order valence-corrected chi connectivity index (χ2v) is 14.3. The maximum absolute atomic E-state index is 13.3. The van der Waals surface area contributed by atoms with Crippen molar-refractivity contribution in [1.82, 2.24) is 14.7 Å². The molecule has 3 aliphatic heterocycles. The zero-order valence-electron chi connectivity index (χ0n) is 26.3. The van der Waals surface area contributed by atoms with Gasteiger partial charge in [0.2, 0.25) is 5.91 Å². The van der Waals surface area contributed by atoms with Crippen LogP contribution < -0.4 is 0 Å². The second kappa shape index (κ2) is 12.2. The monoisotopic (exact) mass is 607 g/mol. The quantitative estimate of drug-likeness (QED) is 0.355. The average molecular weight is 608 g/mol. The summed E-state index contributed by atoms with van der Waals surface area (Å²) in [7, 11) is 0. The summed E-state index contributed by atoms with van der Waals surface area (Å²) in [6.45, 7) is 12.2. The minimum atomic E-state index is -4.38. The van der Waals surface area contributed by atoms with E-state index in [-0.39, 0.29) is 36.0 Å². The molecule has 7 nitrogen and oxygen atoms in total. The van der Waals surface area contributed by atoms with E-state index in [1.54, 1.807) is 12.1 Å². The molecule has 10 heteroatoms. The average Bonchev–Trinajstić information content (AvgIpc) is 3.33. The molecule has 1 aromatic carbocycles. The van der Waals surface area contributed by atoms with Crippen LogP contribution in [0.2, 0.25) is 0 Å². The molecule has 1 aliphatic carbocycles. The highest BCUT2D eigenvalue weighted by Crippen LogP contribution is 2.51. The van der Waals surface area contributed by atoms with Crippen molar-refractivity contribution < 1.29 is 32.2 Å². The summed E-state index contributed by atoms with van der Waals surface area (Å²) < 4.78 is 52.2. The van der Waals surface area contributed by atoms with Crippen molar-refractivity contribution >= 4 is 12.0 Å². The Morgan fingerprint density at radius 3 is 2.49 bits per heavy atom. The zero-order valence-corrected chi connectivity index (χ0v) is 26.3. The number of carbonyl (C=O) groups excluding carboxylic acids is 2. The molecule has 43 heavy (non-hydrogen) atoms. The summed E-state index contributed by atoms with van der Waals surface area (Å²) in [6, 6.07) is 5.63. The largest absolute Gasteiger partial charge is 0.444 e. The molecule has 1 spiro atoms. The van der Waals surface area contributed by atoms with Crippen LogP contribution in [-0.2, 0) is 27.0 Å². The summed E-state index contributed by atoms with van der Waals surface area (Å²) in [4.78, 5) is 32.7. The Morgan fingerprint density at radius 2 is 1.84 bits per heavy atom. The number of alkyl halides is 3.